The van der Waals surface area contributed by atoms with E-state index >= 15 is 0 Å². The maximum atomic E-state index is 14.9. The van der Waals surface area contributed by atoms with Gasteiger partial charge in [-0.3, -0.25) is 43.2 Å². The lowest BCUT2D eigenvalue weighted by Gasteiger charge is -2.35. The van der Waals surface area contributed by atoms with Crippen molar-refractivity contribution in [3.05, 3.63) is 71.9 Å². The summed E-state index contributed by atoms with van der Waals surface area (Å²) in [5.74, 6) is -6.84. The molecule has 11 atom stereocenters. The second-order valence-corrected chi connectivity index (χ2v) is 23.1. The molecule has 6 rings (SSSR count). The number of aromatic nitrogens is 1. The highest BCUT2D eigenvalue weighted by Crippen LogP contribution is 2.28. The van der Waals surface area contributed by atoms with Gasteiger partial charge in [0.2, 0.25) is 53.2 Å². The number of amides is 9. The van der Waals surface area contributed by atoms with Gasteiger partial charge in [0.25, 0.3) is 0 Å². The highest BCUT2D eigenvalue weighted by Gasteiger charge is 2.45. The topological polar surface area (TPSA) is 260 Å². The van der Waals surface area contributed by atoms with E-state index in [1.54, 1.807) is 33.9 Å². The molecule has 3 aliphatic heterocycles. The number of fused-ring (bicyclic) bond motifs is 3. The minimum atomic E-state index is -1.29. The standard InChI is InChI=1S/C59H86N10O9/c1-11-36(9)49-56(75)64-43(29-34(5)6)53(72)65-48(35(7)8)59(78)69-27-19-25-47(69)58(77)68-26-18-24-46(68)55(74)63-44(30-38-20-14-13-15-21-38)51(70)62-45(31-39-32-60-41-23-17-16-22-40(39)41)52(71)61-42(28-33(3)4)54(73)66-50(37(10)12-2)57(76)67-49/h13-17,20-23,32-37,42-50,60H,11-12,18-19,24-31H2,1-10H3,(H,61,71)(H,62,70)(H,63,74)(H,64,75)(H,65,72)(H,66,73)(H,67,76)/t36-,37-,42-,43-,44-,45+,46-,47-,48-,49-,50-/m0/s1. The molecule has 78 heavy (non-hydrogen) atoms. The van der Waals surface area contributed by atoms with E-state index < -0.39 is 125 Å². The van der Waals surface area contributed by atoms with Crippen molar-refractivity contribution < 1.29 is 43.2 Å². The Hall–Kier alpha value is -6.79. The second kappa shape index (κ2) is 27.7. The first-order chi connectivity index (χ1) is 37.1. The van der Waals surface area contributed by atoms with E-state index in [1.165, 1.54) is 9.80 Å². The molecule has 0 spiro atoms. The number of hydrogen-bond acceptors (Lipinski definition) is 9. The van der Waals surface area contributed by atoms with E-state index in [9.17, 15) is 43.2 Å². The first-order valence-corrected chi connectivity index (χ1v) is 28.4. The summed E-state index contributed by atoms with van der Waals surface area (Å²) in [6, 6.07) is 6.51. The molecule has 3 fully saturated rings. The molecular formula is C59H86N10O9. The maximum Gasteiger partial charge on any atom is 0.246 e. The Morgan fingerprint density at radius 1 is 0.474 bits per heavy atom. The lowest BCUT2D eigenvalue weighted by atomic mass is 9.93. The van der Waals surface area contributed by atoms with Gasteiger partial charge in [0.1, 0.15) is 54.4 Å². The van der Waals surface area contributed by atoms with Crippen LogP contribution in [0.3, 0.4) is 0 Å². The predicted octanol–water partition coefficient (Wildman–Crippen LogP) is 4.18. The van der Waals surface area contributed by atoms with Crippen LogP contribution in [0.5, 0.6) is 0 Å². The molecule has 0 unspecified atom stereocenters. The zero-order valence-corrected chi connectivity index (χ0v) is 47.4. The molecule has 0 bridgehead atoms. The van der Waals surface area contributed by atoms with Crippen molar-refractivity contribution in [2.45, 2.75) is 188 Å². The van der Waals surface area contributed by atoms with Gasteiger partial charge in [-0.1, -0.05) is 131 Å². The monoisotopic (exact) mass is 1080 g/mol. The third kappa shape index (κ3) is 15.3. The molecule has 19 nitrogen and oxygen atoms in total. The molecule has 3 aliphatic rings. The number of carbonyl (C=O) groups excluding carboxylic acids is 9. The second-order valence-electron chi connectivity index (χ2n) is 23.1. The number of aromatic amines is 1. The van der Waals surface area contributed by atoms with E-state index in [0.29, 0.717) is 44.1 Å². The molecule has 3 aromatic rings. The number of para-hydroxylation sites is 1. The lowest BCUT2D eigenvalue weighted by molar-refractivity contribution is -0.148. The van der Waals surface area contributed by atoms with Gasteiger partial charge in [-0.05, 0) is 85.3 Å². The number of carbonyl (C=O) groups is 9. The van der Waals surface area contributed by atoms with Gasteiger partial charge in [-0.15, -0.1) is 0 Å². The zero-order chi connectivity index (χ0) is 57.0. The molecule has 2 aromatic carbocycles. The van der Waals surface area contributed by atoms with Crippen LogP contribution in [0.25, 0.3) is 10.9 Å². The van der Waals surface area contributed by atoms with Gasteiger partial charge < -0.3 is 52.0 Å². The Morgan fingerprint density at radius 2 is 0.923 bits per heavy atom. The van der Waals surface area contributed by atoms with Crippen LogP contribution < -0.4 is 37.2 Å². The van der Waals surface area contributed by atoms with E-state index in [0.717, 1.165) is 16.5 Å². The summed E-state index contributed by atoms with van der Waals surface area (Å²) in [5, 5.41) is 21.3. The van der Waals surface area contributed by atoms with Crippen LogP contribution >= 0.6 is 0 Å². The molecule has 3 saturated heterocycles. The van der Waals surface area contributed by atoms with E-state index in [1.807, 2.05) is 96.1 Å². The number of hydrogen-bond donors (Lipinski definition) is 8. The van der Waals surface area contributed by atoms with Crippen LogP contribution in [0, 0.1) is 29.6 Å². The van der Waals surface area contributed by atoms with Crippen molar-refractivity contribution in [2.24, 2.45) is 29.6 Å². The smallest absolute Gasteiger partial charge is 0.246 e. The van der Waals surface area contributed by atoms with Gasteiger partial charge in [-0.2, -0.15) is 0 Å². The predicted molar refractivity (Wildman–Crippen MR) is 298 cm³/mol. The highest BCUT2D eigenvalue weighted by atomic mass is 16.2. The SMILES string of the molecule is CC[C@H](C)[C@@H]1NC(=O)[C@H](CC(C)C)NC(=O)[C@@H](Cc2c[nH]c3ccccc23)NC(=O)[C@H](Cc2ccccc2)NC(=O)[C@@H]2CCCN2C(=O)[C@@H]2CCCN2C(=O)[C@H](C(C)C)NC(=O)[C@H](CC(C)C)NC(=O)[C@H]([C@@H](C)CC)NC1=O. The van der Waals surface area contributed by atoms with Gasteiger partial charge >= 0.3 is 0 Å². The lowest BCUT2D eigenvalue weighted by Crippen LogP contribution is -2.62. The van der Waals surface area contributed by atoms with Crippen molar-refractivity contribution in [2.75, 3.05) is 13.1 Å². The number of rotatable bonds is 13. The van der Waals surface area contributed by atoms with Gasteiger partial charge in [-0.25, -0.2) is 0 Å². The van der Waals surface area contributed by atoms with Crippen LogP contribution in [-0.2, 0) is 56.0 Å². The van der Waals surface area contributed by atoms with E-state index in [4.69, 9.17) is 0 Å². The molecule has 1 aromatic heterocycles. The van der Waals surface area contributed by atoms with Gasteiger partial charge in [0, 0.05) is 43.0 Å². The highest BCUT2D eigenvalue weighted by molar-refractivity contribution is 6.00. The largest absolute Gasteiger partial charge is 0.361 e. The third-order valence-electron chi connectivity index (χ3n) is 15.8. The van der Waals surface area contributed by atoms with Crippen LogP contribution in [0.1, 0.15) is 132 Å². The van der Waals surface area contributed by atoms with Crippen LogP contribution in [0.15, 0.2) is 60.8 Å². The Kier molecular flexibility index (Phi) is 21.5. The molecular weight excluding hydrogens is 993 g/mol. The summed E-state index contributed by atoms with van der Waals surface area (Å²) < 4.78 is 0. The molecule has 0 aliphatic carbocycles. The normalized spacial score (nSPS) is 26.8. The fourth-order valence-corrected chi connectivity index (χ4v) is 10.9. The summed E-state index contributed by atoms with van der Waals surface area (Å²) >= 11 is 0. The van der Waals surface area contributed by atoms with Gasteiger partial charge in [0.05, 0.1) is 0 Å². The Labute approximate surface area is 460 Å². The van der Waals surface area contributed by atoms with Crippen LogP contribution in [0.2, 0.25) is 0 Å². The van der Waals surface area contributed by atoms with Crippen LogP contribution in [0.4, 0.5) is 0 Å². The number of benzene rings is 2. The third-order valence-corrected chi connectivity index (χ3v) is 15.8. The molecule has 9 amide bonds. The summed E-state index contributed by atoms with van der Waals surface area (Å²) in [7, 11) is 0. The van der Waals surface area contributed by atoms with Crippen molar-refractivity contribution in [3.8, 4) is 0 Å². The fourth-order valence-electron chi connectivity index (χ4n) is 10.9. The summed E-state index contributed by atoms with van der Waals surface area (Å²) in [4.78, 5) is 138. The molecule has 426 valence electrons. The Balaban J connectivity index is 1.44. The first kappa shape index (κ1) is 60.4. The molecule has 0 radical (unpaired) electrons. The van der Waals surface area contributed by atoms with Crippen molar-refractivity contribution in [1.29, 1.82) is 0 Å². The first-order valence-electron chi connectivity index (χ1n) is 28.4. The Bertz CT molecular complexity index is 2600. The van der Waals surface area contributed by atoms with Crippen molar-refractivity contribution in [1.82, 2.24) is 52.0 Å². The number of nitrogens with one attached hydrogen (secondary N) is 8. The molecule has 8 N–H and O–H groups in total. The minimum absolute atomic E-state index is 0.0150. The zero-order valence-electron chi connectivity index (χ0n) is 47.4. The Morgan fingerprint density at radius 3 is 1.49 bits per heavy atom. The average molecular weight is 1080 g/mol. The fraction of sp³-hybridized carbons (Fsp3) is 0.610. The summed E-state index contributed by atoms with van der Waals surface area (Å²) in [6.07, 6.45) is 4.68. The van der Waals surface area contributed by atoms with Gasteiger partial charge in [0.15, 0.2) is 0 Å². The van der Waals surface area contributed by atoms with Crippen LogP contribution in [-0.4, -0.2) is 135 Å². The molecule has 19 heteroatoms. The quantitative estimate of drug-likeness (QED) is 0.122. The molecule has 4 heterocycles. The summed E-state index contributed by atoms with van der Waals surface area (Å²) in [6.45, 7) is 19.0. The van der Waals surface area contributed by atoms with E-state index in [-0.39, 0.29) is 50.6 Å². The van der Waals surface area contributed by atoms with E-state index in [2.05, 4.69) is 42.2 Å². The summed E-state index contributed by atoms with van der Waals surface area (Å²) in [5.41, 5.74) is 2.23. The maximum absolute atomic E-state index is 14.9. The number of H-pyrrole nitrogens is 1. The number of nitrogens with zero attached hydrogens (tertiary/aromatic N) is 2. The molecule has 0 saturated carbocycles. The van der Waals surface area contributed by atoms with Crippen molar-refractivity contribution in [3.63, 3.8) is 0 Å². The van der Waals surface area contributed by atoms with Crippen molar-refractivity contribution >= 4 is 64.1 Å². The minimum Gasteiger partial charge on any atom is -0.361 e. The average Bonchev–Trinajstić information content (AvgIpc) is 4.22.